The first-order valence-electron chi connectivity index (χ1n) is 6.63. The fourth-order valence-electron chi connectivity index (χ4n) is 2.93. The third-order valence-electron chi connectivity index (χ3n) is 4.04. The molecule has 18 heavy (non-hydrogen) atoms. The zero-order valence-electron chi connectivity index (χ0n) is 11.1. The van der Waals surface area contributed by atoms with Crippen LogP contribution in [0.2, 0.25) is 0 Å². The van der Waals surface area contributed by atoms with Gasteiger partial charge in [-0.25, -0.2) is 0 Å². The average molecular weight is 251 g/mol. The van der Waals surface area contributed by atoms with Gasteiger partial charge < -0.3 is 9.52 Å². The SMILES string of the molecule is CCC(c1ccco1)N1CCCCC1(C)C(=O)O. The molecule has 2 heterocycles. The molecular weight excluding hydrogens is 230 g/mol. The van der Waals surface area contributed by atoms with Crippen LogP contribution in [0.25, 0.3) is 0 Å². The predicted octanol–water partition coefficient (Wildman–Crippen LogP) is 3.06. The minimum atomic E-state index is -0.772. The average Bonchev–Trinajstić information content (AvgIpc) is 2.86. The van der Waals surface area contributed by atoms with Gasteiger partial charge in [0, 0.05) is 0 Å². The standard InChI is InChI=1S/C14H21NO3/c1-3-11(12-7-6-10-18-12)15-9-5-4-8-14(15,2)13(16)17/h6-7,10-11H,3-5,8-9H2,1-2H3,(H,16,17). The summed E-state index contributed by atoms with van der Waals surface area (Å²) in [6, 6.07) is 3.85. The molecule has 0 amide bonds. The number of furan rings is 1. The lowest BCUT2D eigenvalue weighted by molar-refractivity contribution is -0.155. The van der Waals surface area contributed by atoms with Gasteiger partial charge in [-0.3, -0.25) is 9.69 Å². The highest BCUT2D eigenvalue weighted by atomic mass is 16.4. The van der Waals surface area contributed by atoms with Crippen LogP contribution in [0, 0.1) is 0 Å². The zero-order chi connectivity index (χ0) is 13.2. The molecule has 2 unspecified atom stereocenters. The lowest BCUT2D eigenvalue weighted by Crippen LogP contribution is -2.56. The summed E-state index contributed by atoms with van der Waals surface area (Å²) in [6.45, 7) is 4.73. The molecule has 4 nitrogen and oxygen atoms in total. The number of piperidine rings is 1. The molecule has 0 saturated carbocycles. The number of hydrogen-bond donors (Lipinski definition) is 1. The first-order chi connectivity index (χ1) is 8.59. The zero-order valence-corrected chi connectivity index (χ0v) is 11.1. The van der Waals surface area contributed by atoms with E-state index in [1.54, 1.807) is 6.26 Å². The van der Waals surface area contributed by atoms with E-state index in [-0.39, 0.29) is 6.04 Å². The van der Waals surface area contributed by atoms with Crippen molar-refractivity contribution in [3.8, 4) is 0 Å². The molecule has 2 atom stereocenters. The molecule has 1 N–H and O–H groups in total. The van der Waals surface area contributed by atoms with Gasteiger partial charge in [0.25, 0.3) is 0 Å². The van der Waals surface area contributed by atoms with Gasteiger partial charge in [-0.05, 0) is 51.3 Å². The third kappa shape index (κ3) is 2.17. The minimum absolute atomic E-state index is 0.0569. The molecule has 0 aliphatic carbocycles. The van der Waals surface area contributed by atoms with Crippen molar-refractivity contribution < 1.29 is 14.3 Å². The molecule has 1 aromatic rings. The van der Waals surface area contributed by atoms with Gasteiger partial charge in [0.1, 0.15) is 11.3 Å². The van der Waals surface area contributed by atoms with Gasteiger partial charge in [0.05, 0.1) is 12.3 Å². The highest BCUT2D eigenvalue weighted by molar-refractivity contribution is 5.78. The van der Waals surface area contributed by atoms with Crippen LogP contribution in [0.4, 0.5) is 0 Å². The van der Waals surface area contributed by atoms with E-state index in [0.717, 1.165) is 31.6 Å². The summed E-state index contributed by atoms with van der Waals surface area (Å²) in [5.41, 5.74) is -0.772. The van der Waals surface area contributed by atoms with Gasteiger partial charge in [-0.1, -0.05) is 6.92 Å². The maximum absolute atomic E-state index is 11.6. The van der Waals surface area contributed by atoms with Gasteiger partial charge in [-0.2, -0.15) is 0 Å². The lowest BCUT2D eigenvalue weighted by atomic mass is 9.86. The molecule has 1 aliphatic heterocycles. The molecule has 1 aliphatic rings. The molecule has 0 spiro atoms. The van der Waals surface area contributed by atoms with Crippen LogP contribution in [-0.2, 0) is 4.79 Å². The summed E-state index contributed by atoms with van der Waals surface area (Å²) in [4.78, 5) is 13.7. The fraction of sp³-hybridized carbons (Fsp3) is 0.643. The van der Waals surface area contributed by atoms with Gasteiger partial charge in [0.15, 0.2) is 0 Å². The predicted molar refractivity (Wildman–Crippen MR) is 68.3 cm³/mol. The van der Waals surface area contributed by atoms with Crippen LogP contribution in [0.5, 0.6) is 0 Å². The number of nitrogens with zero attached hydrogens (tertiary/aromatic N) is 1. The number of likely N-dealkylation sites (tertiary alicyclic amines) is 1. The van der Waals surface area contributed by atoms with Crippen molar-refractivity contribution in [2.24, 2.45) is 0 Å². The van der Waals surface area contributed by atoms with E-state index in [9.17, 15) is 9.90 Å². The van der Waals surface area contributed by atoms with Crippen molar-refractivity contribution >= 4 is 5.97 Å². The van der Waals surface area contributed by atoms with Crippen LogP contribution >= 0.6 is 0 Å². The summed E-state index contributed by atoms with van der Waals surface area (Å²) < 4.78 is 5.48. The summed E-state index contributed by atoms with van der Waals surface area (Å²) in [7, 11) is 0. The Morgan fingerprint density at radius 1 is 1.61 bits per heavy atom. The van der Waals surface area contributed by atoms with E-state index in [2.05, 4.69) is 11.8 Å². The van der Waals surface area contributed by atoms with E-state index < -0.39 is 11.5 Å². The fourth-order valence-corrected chi connectivity index (χ4v) is 2.93. The minimum Gasteiger partial charge on any atom is -0.480 e. The van der Waals surface area contributed by atoms with Crippen molar-refractivity contribution in [2.45, 2.75) is 51.1 Å². The van der Waals surface area contributed by atoms with Crippen LogP contribution in [-0.4, -0.2) is 28.1 Å². The number of carboxylic acid groups (broad SMARTS) is 1. The van der Waals surface area contributed by atoms with Crippen molar-refractivity contribution in [1.29, 1.82) is 0 Å². The van der Waals surface area contributed by atoms with E-state index >= 15 is 0 Å². The Labute approximate surface area is 108 Å². The van der Waals surface area contributed by atoms with Crippen LogP contribution in [0.3, 0.4) is 0 Å². The van der Waals surface area contributed by atoms with E-state index in [0.29, 0.717) is 6.42 Å². The van der Waals surface area contributed by atoms with Crippen LogP contribution in [0.1, 0.15) is 51.3 Å². The van der Waals surface area contributed by atoms with E-state index in [1.165, 1.54) is 0 Å². The summed E-state index contributed by atoms with van der Waals surface area (Å²) in [5.74, 6) is 0.138. The summed E-state index contributed by atoms with van der Waals surface area (Å²) in [6.07, 6.45) is 5.25. The van der Waals surface area contributed by atoms with Crippen molar-refractivity contribution in [2.75, 3.05) is 6.54 Å². The van der Waals surface area contributed by atoms with Crippen LogP contribution < -0.4 is 0 Å². The molecule has 1 aromatic heterocycles. The largest absolute Gasteiger partial charge is 0.480 e. The molecule has 2 rings (SSSR count). The third-order valence-corrected chi connectivity index (χ3v) is 4.04. The van der Waals surface area contributed by atoms with E-state index in [1.807, 2.05) is 19.1 Å². The highest BCUT2D eigenvalue weighted by Crippen LogP contribution is 2.37. The second-order valence-electron chi connectivity index (χ2n) is 5.17. The Hall–Kier alpha value is -1.29. The monoisotopic (exact) mass is 251 g/mol. The Bertz CT molecular complexity index is 401. The molecule has 0 aromatic carbocycles. The second-order valence-corrected chi connectivity index (χ2v) is 5.17. The van der Waals surface area contributed by atoms with Crippen LogP contribution in [0.15, 0.2) is 22.8 Å². The molecule has 0 radical (unpaired) electrons. The number of aliphatic carboxylic acids is 1. The first kappa shape index (κ1) is 13.1. The van der Waals surface area contributed by atoms with Crippen molar-refractivity contribution in [3.63, 3.8) is 0 Å². The normalized spacial score (nSPS) is 27.0. The topological polar surface area (TPSA) is 53.7 Å². The molecule has 0 bridgehead atoms. The maximum atomic E-state index is 11.6. The molecule has 1 fully saturated rings. The lowest BCUT2D eigenvalue weighted by Gasteiger charge is -2.45. The Kier molecular flexibility index (Phi) is 3.76. The smallest absolute Gasteiger partial charge is 0.323 e. The molecule has 100 valence electrons. The highest BCUT2D eigenvalue weighted by Gasteiger charge is 2.44. The van der Waals surface area contributed by atoms with Gasteiger partial charge >= 0.3 is 5.97 Å². The van der Waals surface area contributed by atoms with Gasteiger partial charge in [0.2, 0.25) is 0 Å². The number of carbonyl (C=O) groups is 1. The quantitative estimate of drug-likeness (QED) is 0.893. The van der Waals surface area contributed by atoms with Crippen molar-refractivity contribution in [1.82, 2.24) is 4.90 Å². The summed E-state index contributed by atoms with van der Waals surface area (Å²) >= 11 is 0. The Balaban J connectivity index is 2.30. The number of carboxylic acids is 1. The molecular formula is C14H21NO3. The van der Waals surface area contributed by atoms with Gasteiger partial charge in [-0.15, -0.1) is 0 Å². The maximum Gasteiger partial charge on any atom is 0.323 e. The summed E-state index contributed by atoms with van der Waals surface area (Å²) in [5, 5.41) is 9.54. The number of rotatable bonds is 4. The molecule has 1 saturated heterocycles. The van der Waals surface area contributed by atoms with E-state index in [4.69, 9.17) is 4.42 Å². The Morgan fingerprint density at radius 3 is 2.94 bits per heavy atom. The Morgan fingerprint density at radius 2 is 2.39 bits per heavy atom. The first-order valence-corrected chi connectivity index (χ1v) is 6.63. The second kappa shape index (κ2) is 5.14. The molecule has 4 heteroatoms. The number of hydrogen-bond acceptors (Lipinski definition) is 3. The van der Waals surface area contributed by atoms with Crippen molar-refractivity contribution in [3.05, 3.63) is 24.2 Å².